The molecule has 1 saturated heterocycles. The van der Waals surface area contributed by atoms with Crippen molar-refractivity contribution in [3.05, 3.63) is 0 Å². The molecule has 0 aromatic rings. The van der Waals surface area contributed by atoms with E-state index in [1.807, 2.05) is 6.92 Å². The molecule has 1 unspecified atom stereocenters. The number of hydrogen-bond acceptors (Lipinski definition) is 2. The van der Waals surface area contributed by atoms with E-state index in [4.69, 9.17) is 4.74 Å². The average Bonchev–Trinajstić information content (AvgIpc) is 2.91. The molecule has 2 bridgehead atoms. The lowest BCUT2D eigenvalue weighted by Crippen LogP contribution is -2.60. The van der Waals surface area contributed by atoms with Gasteiger partial charge in [0.05, 0.1) is 6.10 Å². The molecule has 0 aromatic heterocycles. The number of ether oxygens (including phenoxy) is 1. The molecule has 3 rings (SSSR count). The van der Waals surface area contributed by atoms with Crippen molar-refractivity contribution in [3.8, 4) is 0 Å². The van der Waals surface area contributed by atoms with Crippen molar-refractivity contribution in [2.75, 3.05) is 6.61 Å². The number of carbonyl (C=O) groups excluding carboxylic acids is 1. The van der Waals surface area contributed by atoms with Gasteiger partial charge in [0.1, 0.15) is 0 Å². The number of nitrogens with one attached hydrogen (secondary N) is 1. The summed E-state index contributed by atoms with van der Waals surface area (Å²) >= 11 is 0. The van der Waals surface area contributed by atoms with Crippen LogP contribution >= 0.6 is 0 Å². The van der Waals surface area contributed by atoms with Crippen LogP contribution in [-0.2, 0) is 9.53 Å². The lowest BCUT2D eigenvalue weighted by Gasteiger charge is -2.54. The zero-order chi connectivity index (χ0) is 15.4. The van der Waals surface area contributed by atoms with Gasteiger partial charge < -0.3 is 10.1 Å². The molecule has 1 heterocycles. The van der Waals surface area contributed by atoms with E-state index in [1.54, 1.807) is 0 Å². The Kier molecular flexibility index (Phi) is 3.63. The van der Waals surface area contributed by atoms with Crippen LogP contribution in [0.3, 0.4) is 0 Å². The summed E-state index contributed by atoms with van der Waals surface area (Å²) in [5.41, 5.74) is 0.506. The highest BCUT2D eigenvalue weighted by Crippen LogP contribution is 2.69. The van der Waals surface area contributed by atoms with E-state index >= 15 is 0 Å². The first-order chi connectivity index (χ1) is 9.83. The van der Waals surface area contributed by atoms with Crippen molar-refractivity contribution in [1.82, 2.24) is 5.32 Å². The van der Waals surface area contributed by atoms with Gasteiger partial charge in [-0.05, 0) is 47.8 Å². The fourth-order valence-electron chi connectivity index (χ4n) is 5.75. The molecule has 1 amide bonds. The van der Waals surface area contributed by atoms with E-state index < -0.39 is 0 Å². The Balaban J connectivity index is 1.93. The Hall–Kier alpha value is -0.570. The van der Waals surface area contributed by atoms with Gasteiger partial charge in [0.15, 0.2) is 0 Å². The van der Waals surface area contributed by atoms with Crippen molar-refractivity contribution < 1.29 is 9.53 Å². The monoisotopic (exact) mass is 293 g/mol. The van der Waals surface area contributed by atoms with Crippen molar-refractivity contribution in [1.29, 1.82) is 0 Å². The first-order valence-electron chi connectivity index (χ1n) is 8.74. The number of fused-ring (bicyclic) bond motifs is 1. The molecule has 1 aliphatic heterocycles. The van der Waals surface area contributed by atoms with E-state index in [-0.39, 0.29) is 16.7 Å². The highest BCUT2D eigenvalue weighted by Gasteiger charge is 2.68. The summed E-state index contributed by atoms with van der Waals surface area (Å²) in [7, 11) is 0. The molecule has 3 fully saturated rings. The third-order valence-corrected chi connectivity index (χ3v) is 6.83. The molecule has 21 heavy (non-hydrogen) atoms. The van der Waals surface area contributed by atoms with Crippen LogP contribution in [0.4, 0.5) is 0 Å². The Bertz CT molecular complexity index is 431. The van der Waals surface area contributed by atoms with Gasteiger partial charge in [-0.15, -0.1) is 0 Å². The van der Waals surface area contributed by atoms with Crippen molar-refractivity contribution in [2.45, 2.75) is 72.4 Å². The quantitative estimate of drug-likeness (QED) is 0.866. The minimum Gasteiger partial charge on any atom is -0.378 e. The van der Waals surface area contributed by atoms with Crippen LogP contribution in [0.5, 0.6) is 0 Å². The van der Waals surface area contributed by atoms with Crippen molar-refractivity contribution in [3.63, 3.8) is 0 Å². The van der Waals surface area contributed by atoms with E-state index in [9.17, 15) is 4.79 Å². The van der Waals surface area contributed by atoms with Crippen LogP contribution in [0.1, 0.15) is 60.3 Å². The van der Waals surface area contributed by atoms with Crippen molar-refractivity contribution >= 4 is 5.91 Å². The lowest BCUT2D eigenvalue weighted by molar-refractivity contribution is -0.144. The largest absolute Gasteiger partial charge is 0.378 e. The minimum atomic E-state index is 0.210. The fourth-order valence-corrected chi connectivity index (χ4v) is 5.75. The van der Waals surface area contributed by atoms with Gasteiger partial charge >= 0.3 is 0 Å². The maximum atomic E-state index is 12.1. The third-order valence-electron chi connectivity index (χ3n) is 6.83. The number of carbonyl (C=O) groups is 1. The Morgan fingerprint density at radius 3 is 2.71 bits per heavy atom. The molecule has 0 aromatic carbocycles. The Morgan fingerprint density at radius 1 is 1.38 bits per heavy atom. The summed E-state index contributed by atoms with van der Waals surface area (Å²) in [5.74, 6) is 2.14. The second-order valence-corrected chi connectivity index (χ2v) is 8.48. The van der Waals surface area contributed by atoms with E-state index in [0.717, 1.165) is 18.9 Å². The standard InChI is InChI=1S/C18H31NO2/c1-6-14(20)19-16-17(4,5)12-9-13-15(11(2)3)21-8-7-18(13,16)10-12/h11-13,15-16H,6-10H2,1-5H3,(H,19,20)/t12-,13-,15-,16+,18?/m1/s1. The first-order valence-corrected chi connectivity index (χ1v) is 8.74. The maximum Gasteiger partial charge on any atom is 0.219 e. The lowest BCUT2D eigenvalue weighted by atomic mass is 9.58. The Labute approximate surface area is 129 Å². The summed E-state index contributed by atoms with van der Waals surface area (Å²) in [6.45, 7) is 12.1. The van der Waals surface area contributed by atoms with E-state index in [0.29, 0.717) is 30.4 Å². The summed E-state index contributed by atoms with van der Waals surface area (Å²) in [6.07, 6.45) is 4.65. The van der Waals surface area contributed by atoms with Gasteiger partial charge in [-0.3, -0.25) is 4.79 Å². The van der Waals surface area contributed by atoms with Crippen LogP contribution in [0.25, 0.3) is 0 Å². The predicted octanol–water partition coefficient (Wildman–Crippen LogP) is 3.38. The number of rotatable bonds is 3. The molecule has 1 spiro atoms. The zero-order valence-corrected chi connectivity index (χ0v) is 14.2. The highest BCUT2D eigenvalue weighted by molar-refractivity contribution is 5.76. The van der Waals surface area contributed by atoms with Crippen LogP contribution in [0, 0.1) is 28.6 Å². The summed E-state index contributed by atoms with van der Waals surface area (Å²) in [6, 6.07) is 0.325. The average molecular weight is 293 g/mol. The van der Waals surface area contributed by atoms with Gasteiger partial charge in [0, 0.05) is 19.1 Å². The number of hydrogen-bond donors (Lipinski definition) is 1. The number of amides is 1. The molecule has 3 nitrogen and oxygen atoms in total. The molecule has 0 radical (unpaired) electrons. The molecule has 2 aliphatic carbocycles. The summed E-state index contributed by atoms with van der Waals surface area (Å²) in [5, 5.41) is 3.41. The molecule has 1 N–H and O–H groups in total. The van der Waals surface area contributed by atoms with Gasteiger partial charge in [0.2, 0.25) is 5.91 Å². The van der Waals surface area contributed by atoms with Gasteiger partial charge in [0.25, 0.3) is 0 Å². The van der Waals surface area contributed by atoms with Crippen LogP contribution in [-0.4, -0.2) is 24.7 Å². The van der Waals surface area contributed by atoms with E-state index in [1.165, 1.54) is 12.8 Å². The van der Waals surface area contributed by atoms with Crippen LogP contribution in [0.15, 0.2) is 0 Å². The predicted molar refractivity (Wildman–Crippen MR) is 83.8 cm³/mol. The smallest absolute Gasteiger partial charge is 0.219 e. The molecule has 3 aliphatic rings. The normalized spacial score (nSPS) is 43.9. The molecule has 3 heteroatoms. The SMILES string of the molecule is CCC(=O)N[C@H]1C(C)(C)[C@@H]2C[C@@H]3[C@@H](C(C)C)OCCC31C2. The van der Waals surface area contributed by atoms with Gasteiger partial charge in [-0.1, -0.05) is 34.6 Å². The summed E-state index contributed by atoms with van der Waals surface area (Å²) in [4.78, 5) is 12.1. The van der Waals surface area contributed by atoms with E-state index in [2.05, 4.69) is 33.0 Å². The fraction of sp³-hybridized carbons (Fsp3) is 0.944. The topological polar surface area (TPSA) is 38.3 Å². The molecular weight excluding hydrogens is 262 g/mol. The molecule has 5 atom stereocenters. The minimum absolute atomic E-state index is 0.210. The molecule has 120 valence electrons. The first kappa shape index (κ1) is 15.3. The molecular formula is C18H31NO2. The van der Waals surface area contributed by atoms with Crippen LogP contribution in [0.2, 0.25) is 0 Å². The van der Waals surface area contributed by atoms with Crippen molar-refractivity contribution in [2.24, 2.45) is 28.6 Å². The van der Waals surface area contributed by atoms with Gasteiger partial charge in [-0.25, -0.2) is 0 Å². The Morgan fingerprint density at radius 2 is 2.10 bits per heavy atom. The second-order valence-electron chi connectivity index (χ2n) is 8.48. The van der Waals surface area contributed by atoms with Gasteiger partial charge in [-0.2, -0.15) is 0 Å². The maximum absolute atomic E-state index is 12.1. The zero-order valence-electron chi connectivity index (χ0n) is 14.2. The molecule has 2 saturated carbocycles. The summed E-state index contributed by atoms with van der Waals surface area (Å²) < 4.78 is 6.14. The second kappa shape index (κ2) is 4.97. The van der Waals surface area contributed by atoms with Crippen LogP contribution < -0.4 is 5.32 Å². The highest BCUT2D eigenvalue weighted by atomic mass is 16.5. The third kappa shape index (κ3) is 2.07.